The first kappa shape index (κ1) is 11.0. The Labute approximate surface area is 99.1 Å². The van der Waals surface area contributed by atoms with E-state index in [2.05, 4.69) is 5.32 Å². The summed E-state index contributed by atoms with van der Waals surface area (Å²) in [6.45, 7) is 2.25. The van der Waals surface area contributed by atoms with Crippen LogP contribution >= 0.6 is 0 Å². The fraction of sp³-hybridized carbons (Fsp3) is 1.00. The average molecular weight is 223 g/mol. The number of hydrogen-bond acceptors (Lipinski definition) is 2. The van der Waals surface area contributed by atoms with Crippen molar-refractivity contribution in [1.82, 2.24) is 5.32 Å². The van der Waals surface area contributed by atoms with Gasteiger partial charge in [0.05, 0.1) is 5.60 Å². The van der Waals surface area contributed by atoms with Gasteiger partial charge in [-0.3, -0.25) is 0 Å². The van der Waals surface area contributed by atoms with Crippen molar-refractivity contribution in [2.24, 2.45) is 5.92 Å². The minimum absolute atomic E-state index is 0.311. The molecule has 0 aromatic rings. The summed E-state index contributed by atoms with van der Waals surface area (Å²) in [5.41, 5.74) is 0.311. The van der Waals surface area contributed by atoms with E-state index >= 15 is 0 Å². The molecule has 1 unspecified atom stereocenters. The Morgan fingerprint density at radius 3 is 2.56 bits per heavy atom. The van der Waals surface area contributed by atoms with E-state index in [0.717, 1.165) is 18.6 Å². The zero-order valence-electron chi connectivity index (χ0n) is 10.3. The molecule has 1 spiro atoms. The van der Waals surface area contributed by atoms with Gasteiger partial charge < -0.3 is 10.1 Å². The summed E-state index contributed by atoms with van der Waals surface area (Å²) in [5, 5.41) is 3.81. The lowest BCUT2D eigenvalue weighted by Crippen LogP contribution is -2.51. The van der Waals surface area contributed by atoms with Crippen molar-refractivity contribution < 1.29 is 4.74 Å². The van der Waals surface area contributed by atoms with Gasteiger partial charge in [-0.05, 0) is 57.4 Å². The maximum Gasteiger partial charge on any atom is 0.0697 e. The van der Waals surface area contributed by atoms with Crippen LogP contribution in [0.2, 0.25) is 0 Å². The van der Waals surface area contributed by atoms with Gasteiger partial charge in [0.25, 0.3) is 0 Å². The lowest BCUT2D eigenvalue weighted by Gasteiger charge is -2.47. The Morgan fingerprint density at radius 2 is 1.88 bits per heavy atom. The Hall–Kier alpha value is -0.0800. The van der Waals surface area contributed by atoms with E-state index in [1.165, 1.54) is 64.3 Å². The first-order valence-corrected chi connectivity index (χ1v) is 7.24. The summed E-state index contributed by atoms with van der Waals surface area (Å²) in [6.07, 6.45) is 12.4. The molecule has 2 nitrogen and oxygen atoms in total. The predicted molar refractivity (Wildman–Crippen MR) is 65.5 cm³/mol. The first-order chi connectivity index (χ1) is 7.86. The third kappa shape index (κ3) is 2.28. The zero-order valence-corrected chi connectivity index (χ0v) is 10.3. The van der Waals surface area contributed by atoms with Crippen LogP contribution in [0.25, 0.3) is 0 Å². The molecule has 1 heterocycles. The highest BCUT2D eigenvalue weighted by molar-refractivity contribution is 4.96. The van der Waals surface area contributed by atoms with E-state index in [1.807, 2.05) is 0 Å². The maximum absolute atomic E-state index is 5.96. The predicted octanol–water partition coefficient (Wildman–Crippen LogP) is 2.87. The third-order valence-corrected chi connectivity index (χ3v) is 4.93. The van der Waals surface area contributed by atoms with E-state index in [1.54, 1.807) is 0 Å². The van der Waals surface area contributed by atoms with E-state index in [9.17, 15) is 0 Å². The average Bonchev–Trinajstić information content (AvgIpc) is 2.77. The quantitative estimate of drug-likeness (QED) is 0.794. The van der Waals surface area contributed by atoms with Crippen LogP contribution in [0, 0.1) is 5.92 Å². The van der Waals surface area contributed by atoms with Gasteiger partial charge in [-0.25, -0.2) is 0 Å². The number of ether oxygens (including phenoxy) is 1. The Morgan fingerprint density at radius 1 is 1.06 bits per heavy atom. The lowest BCUT2D eigenvalue weighted by molar-refractivity contribution is -0.135. The fourth-order valence-electron chi connectivity index (χ4n) is 3.67. The molecule has 1 saturated heterocycles. The zero-order chi connectivity index (χ0) is 10.8. The van der Waals surface area contributed by atoms with E-state index in [-0.39, 0.29) is 0 Å². The summed E-state index contributed by atoms with van der Waals surface area (Å²) in [6, 6.07) is 0.745. The van der Waals surface area contributed by atoms with Gasteiger partial charge in [0, 0.05) is 12.6 Å². The van der Waals surface area contributed by atoms with Crippen LogP contribution in [0.1, 0.15) is 57.8 Å². The van der Waals surface area contributed by atoms with Gasteiger partial charge in [-0.2, -0.15) is 0 Å². The normalized spacial score (nSPS) is 34.1. The van der Waals surface area contributed by atoms with Gasteiger partial charge in [-0.1, -0.05) is 12.8 Å². The molecule has 3 fully saturated rings. The Bertz CT molecular complexity index is 231. The largest absolute Gasteiger partial charge is 0.375 e. The number of nitrogens with one attached hydrogen (secondary N) is 1. The second-order valence-electron chi connectivity index (χ2n) is 6.13. The number of hydrogen-bond donors (Lipinski definition) is 1. The molecule has 16 heavy (non-hydrogen) atoms. The van der Waals surface area contributed by atoms with Gasteiger partial charge >= 0.3 is 0 Å². The maximum atomic E-state index is 5.96. The molecule has 0 radical (unpaired) electrons. The smallest absolute Gasteiger partial charge is 0.0697 e. The molecule has 1 atom stereocenters. The van der Waals surface area contributed by atoms with Gasteiger partial charge in [-0.15, -0.1) is 0 Å². The summed E-state index contributed by atoms with van der Waals surface area (Å²) in [5.74, 6) is 0.972. The highest BCUT2D eigenvalue weighted by Crippen LogP contribution is 2.42. The van der Waals surface area contributed by atoms with Gasteiger partial charge in [0.2, 0.25) is 0 Å². The van der Waals surface area contributed by atoms with E-state index in [0.29, 0.717) is 5.60 Å². The molecule has 2 saturated carbocycles. The van der Waals surface area contributed by atoms with Crippen LogP contribution in [0.4, 0.5) is 0 Å². The van der Waals surface area contributed by atoms with Crippen molar-refractivity contribution in [3.05, 3.63) is 0 Å². The van der Waals surface area contributed by atoms with Crippen LogP contribution in [-0.4, -0.2) is 24.8 Å². The Kier molecular flexibility index (Phi) is 3.21. The molecule has 0 aromatic heterocycles. The van der Waals surface area contributed by atoms with E-state index in [4.69, 9.17) is 4.74 Å². The van der Waals surface area contributed by atoms with Crippen LogP contribution < -0.4 is 5.32 Å². The summed E-state index contributed by atoms with van der Waals surface area (Å²) in [7, 11) is 0. The SMILES string of the molecule is C1CCC(CNC2CCOC3(CCC3)C2)C1. The van der Waals surface area contributed by atoms with Crippen molar-refractivity contribution in [2.45, 2.75) is 69.4 Å². The molecule has 2 heteroatoms. The molecule has 92 valence electrons. The molecule has 2 aliphatic carbocycles. The number of rotatable bonds is 3. The molecule has 0 bridgehead atoms. The monoisotopic (exact) mass is 223 g/mol. The second-order valence-corrected chi connectivity index (χ2v) is 6.13. The fourth-order valence-corrected chi connectivity index (χ4v) is 3.67. The third-order valence-electron chi connectivity index (χ3n) is 4.93. The molecule has 1 N–H and O–H groups in total. The van der Waals surface area contributed by atoms with Crippen LogP contribution in [0.5, 0.6) is 0 Å². The Balaban J connectivity index is 1.43. The van der Waals surface area contributed by atoms with Crippen LogP contribution in [-0.2, 0) is 4.74 Å². The molecular formula is C14H25NO. The molecule has 3 aliphatic rings. The standard InChI is InChI=1S/C14H25NO/c1-2-5-12(4-1)11-15-13-6-9-16-14(10-13)7-3-8-14/h12-13,15H,1-11H2. The van der Waals surface area contributed by atoms with Gasteiger partial charge in [0.1, 0.15) is 0 Å². The van der Waals surface area contributed by atoms with Crippen molar-refractivity contribution in [1.29, 1.82) is 0 Å². The van der Waals surface area contributed by atoms with Crippen molar-refractivity contribution >= 4 is 0 Å². The first-order valence-electron chi connectivity index (χ1n) is 7.24. The topological polar surface area (TPSA) is 21.3 Å². The summed E-state index contributed by atoms with van der Waals surface area (Å²) >= 11 is 0. The highest BCUT2D eigenvalue weighted by atomic mass is 16.5. The second kappa shape index (κ2) is 4.66. The van der Waals surface area contributed by atoms with Crippen molar-refractivity contribution in [3.8, 4) is 0 Å². The molecule has 0 aromatic carbocycles. The summed E-state index contributed by atoms with van der Waals surface area (Å²) in [4.78, 5) is 0. The molecular weight excluding hydrogens is 198 g/mol. The van der Waals surface area contributed by atoms with Crippen molar-refractivity contribution in [2.75, 3.05) is 13.2 Å². The van der Waals surface area contributed by atoms with Crippen LogP contribution in [0.3, 0.4) is 0 Å². The van der Waals surface area contributed by atoms with Crippen molar-refractivity contribution in [3.63, 3.8) is 0 Å². The molecule has 1 aliphatic heterocycles. The minimum atomic E-state index is 0.311. The highest BCUT2D eigenvalue weighted by Gasteiger charge is 2.42. The van der Waals surface area contributed by atoms with Gasteiger partial charge in [0.15, 0.2) is 0 Å². The molecule has 0 amide bonds. The lowest BCUT2D eigenvalue weighted by atomic mass is 9.74. The minimum Gasteiger partial charge on any atom is -0.375 e. The van der Waals surface area contributed by atoms with E-state index < -0.39 is 0 Å². The van der Waals surface area contributed by atoms with Crippen LogP contribution in [0.15, 0.2) is 0 Å². The summed E-state index contributed by atoms with van der Waals surface area (Å²) < 4.78 is 5.96. The molecule has 3 rings (SSSR count).